The van der Waals surface area contributed by atoms with Crippen molar-refractivity contribution in [2.24, 2.45) is 5.92 Å². The van der Waals surface area contributed by atoms with Gasteiger partial charge in [0.25, 0.3) is 0 Å². The van der Waals surface area contributed by atoms with Gasteiger partial charge in [0.15, 0.2) is 0 Å². The number of nitrogens with zero attached hydrogens (tertiary/aromatic N) is 2. The van der Waals surface area contributed by atoms with E-state index in [4.69, 9.17) is 16.3 Å². The smallest absolute Gasteiger partial charge is 0.226 e. The first-order chi connectivity index (χ1) is 12.4. The van der Waals surface area contributed by atoms with E-state index < -0.39 is 0 Å². The number of carbonyl (C=O) groups is 1. The van der Waals surface area contributed by atoms with Crippen LogP contribution >= 0.6 is 11.6 Å². The minimum absolute atomic E-state index is 0.0474. The first-order valence-electron chi connectivity index (χ1n) is 9.18. The first kappa shape index (κ1) is 17.6. The van der Waals surface area contributed by atoms with Gasteiger partial charge in [-0.15, -0.1) is 0 Å². The van der Waals surface area contributed by atoms with Gasteiger partial charge < -0.3 is 9.64 Å². The van der Waals surface area contributed by atoms with Gasteiger partial charge in [-0.1, -0.05) is 23.7 Å². The maximum Gasteiger partial charge on any atom is 0.226 e. The van der Waals surface area contributed by atoms with E-state index in [-0.39, 0.29) is 17.4 Å². The Labute approximate surface area is 158 Å². The minimum Gasteiger partial charge on any atom is -0.376 e. The van der Waals surface area contributed by atoms with Crippen LogP contribution in [-0.4, -0.2) is 39.8 Å². The predicted octanol–water partition coefficient (Wildman–Crippen LogP) is 3.82. The van der Waals surface area contributed by atoms with E-state index in [0.717, 1.165) is 48.3 Å². The van der Waals surface area contributed by atoms with E-state index in [1.165, 1.54) is 0 Å². The summed E-state index contributed by atoms with van der Waals surface area (Å²) in [6.07, 6.45) is 2.40. The van der Waals surface area contributed by atoms with Crippen LogP contribution in [0, 0.1) is 5.92 Å². The zero-order valence-corrected chi connectivity index (χ0v) is 16.0. The van der Waals surface area contributed by atoms with Crippen LogP contribution in [0.25, 0.3) is 11.3 Å². The molecule has 1 amide bonds. The Balaban J connectivity index is 1.55. The lowest BCUT2D eigenvalue weighted by Crippen LogP contribution is -2.45. The number of benzene rings is 1. The fourth-order valence-electron chi connectivity index (χ4n) is 4.03. The summed E-state index contributed by atoms with van der Waals surface area (Å²) in [4.78, 5) is 15.1. The van der Waals surface area contributed by atoms with Crippen LogP contribution in [0.4, 0.5) is 0 Å². The average molecular weight is 374 g/mol. The number of hydrogen-bond acceptors (Lipinski definition) is 3. The molecule has 2 aliphatic rings. The van der Waals surface area contributed by atoms with Crippen molar-refractivity contribution in [1.82, 2.24) is 15.1 Å². The van der Waals surface area contributed by atoms with Gasteiger partial charge in [0.05, 0.1) is 11.3 Å². The van der Waals surface area contributed by atoms with Crippen molar-refractivity contribution >= 4 is 17.5 Å². The van der Waals surface area contributed by atoms with Gasteiger partial charge in [-0.3, -0.25) is 9.89 Å². The molecule has 6 heteroatoms. The highest BCUT2D eigenvalue weighted by molar-refractivity contribution is 6.30. The number of amides is 1. The molecular formula is C20H24ClN3O2. The number of hydrogen-bond donors (Lipinski definition) is 1. The Bertz CT molecular complexity index is 813. The Kier molecular flexibility index (Phi) is 4.53. The van der Waals surface area contributed by atoms with Crippen molar-refractivity contribution in [3.63, 3.8) is 0 Å². The van der Waals surface area contributed by atoms with Crippen molar-refractivity contribution in [2.45, 2.75) is 45.3 Å². The highest BCUT2D eigenvalue weighted by atomic mass is 35.5. The maximum absolute atomic E-state index is 13.1. The summed E-state index contributed by atoms with van der Waals surface area (Å²) < 4.78 is 5.77. The van der Waals surface area contributed by atoms with Gasteiger partial charge in [0.1, 0.15) is 0 Å². The van der Waals surface area contributed by atoms with Gasteiger partial charge in [-0.25, -0.2) is 0 Å². The van der Waals surface area contributed by atoms with Crippen LogP contribution < -0.4 is 0 Å². The van der Waals surface area contributed by atoms with E-state index in [0.29, 0.717) is 18.2 Å². The molecule has 2 aromatic rings. The molecule has 1 aromatic heterocycles. The van der Waals surface area contributed by atoms with Gasteiger partial charge in [0, 0.05) is 53.9 Å². The van der Waals surface area contributed by atoms with Gasteiger partial charge in [-0.2, -0.15) is 5.10 Å². The van der Waals surface area contributed by atoms with Gasteiger partial charge >= 0.3 is 0 Å². The topological polar surface area (TPSA) is 58.2 Å². The predicted molar refractivity (Wildman–Crippen MR) is 101 cm³/mol. The van der Waals surface area contributed by atoms with Crippen LogP contribution in [0.2, 0.25) is 5.02 Å². The van der Waals surface area contributed by atoms with Crippen LogP contribution in [-0.2, 0) is 22.5 Å². The second-order valence-corrected chi connectivity index (χ2v) is 8.28. The van der Waals surface area contributed by atoms with Crippen molar-refractivity contribution in [1.29, 1.82) is 0 Å². The van der Waals surface area contributed by atoms with Crippen molar-refractivity contribution in [2.75, 3.05) is 13.2 Å². The van der Waals surface area contributed by atoms with E-state index in [1.54, 1.807) is 0 Å². The molecule has 26 heavy (non-hydrogen) atoms. The molecule has 0 aliphatic carbocycles. The van der Waals surface area contributed by atoms with E-state index in [2.05, 4.69) is 24.0 Å². The van der Waals surface area contributed by atoms with Crippen molar-refractivity contribution < 1.29 is 9.53 Å². The fraction of sp³-hybridized carbons (Fsp3) is 0.500. The maximum atomic E-state index is 13.1. The monoisotopic (exact) mass is 373 g/mol. The number of carbonyl (C=O) groups excluding carboxylic acids is 1. The van der Waals surface area contributed by atoms with Crippen molar-refractivity contribution in [3.05, 3.63) is 40.5 Å². The number of aromatic amines is 1. The lowest BCUT2D eigenvalue weighted by molar-refractivity contribution is -0.146. The lowest BCUT2D eigenvalue weighted by Gasteiger charge is -2.38. The van der Waals surface area contributed by atoms with Crippen LogP contribution in [0.5, 0.6) is 0 Å². The highest BCUT2D eigenvalue weighted by Gasteiger charge is 2.36. The van der Waals surface area contributed by atoms with Crippen molar-refractivity contribution in [3.8, 4) is 11.3 Å². The van der Waals surface area contributed by atoms with Gasteiger partial charge in [-0.05, 0) is 38.8 Å². The van der Waals surface area contributed by atoms with Gasteiger partial charge in [0.2, 0.25) is 5.91 Å². The quantitative estimate of drug-likeness (QED) is 0.870. The molecule has 138 valence electrons. The molecule has 1 fully saturated rings. The Morgan fingerprint density at radius 1 is 1.35 bits per heavy atom. The molecule has 1 aromatic carbocycles. The first-order valence-corrected chi connectivity index (χ1v) is 9.55. The number of nitrogens with one attached hydrogen (secondary N) is 1. The minimum atomic E-state index is -0.219. The molecule has 1 N–H and O–H groups in total. The number of ether oxygens (including phenoxy) is 1. The number of halogens is 1. The number of H-pyrrole nitrogens is 1. The summed E-state index contributed by atoms with van der Waals surface area (Å²) in [5, 5.41) is 8.36. The molecule has 3 heterocycles. The average Bonchev–Trinajstić information content (AvgIpc) is 3.04. The second kappa shape index (κ2) is 6.71. The highest BCUT2D eigenvalue weighted by Crippen LogP contribution is 2.33. The van der Waals surface area contributed by atoms with E-state index >= 15 is 0 Å². The molecule has 0 saturated carbocycles. The largest absolute Gasteiger partial charge is 0.376 e. The summed E-state index contributed by atoms with van der Waals surface area (Å²) in [7, 11) is 0. The van der Waals surface area contributed by atoms with Crippen LogP contribution in [0.1, 0.15) is 37.9 Å². The zero-order chi connectivity index (χ0) is 18.3. The molecule has 4 rings (SSSR count). The normalized spacial score (nSPS) is 22.1. The number of rotatable bonds is 2. The molecule has 1 atom stereocenters. The van der Waals surface area contributed by atoms with E-state index in [9.17, 15) is 4.79 Å². The Hall–Kier alpha value is -1.85. The summed E-state index contributed by atoms with van der Waals surface area (Å²) in [6.45, 7) is 6.14. The summed E-state index contributed by atoms with van der Waals surface area (Å²) >= 11 is 6.00. The van der Waals surface area contributed by atoms with Crippen LogP contribution in [0.3, 0.4) is 0 Å². The molecule has 0 radical (unpaired) electrons. The third-order valence-corrected chi connectivity index (χ3v) is 5.66. The molecule has 0 bridgehead atoms. The standard InChI is InChI=1S/C20H24ClN3O2/c1-20(2)11-14(8-10-26-20)19(25)24-9-7-17-16(12-24)18(23-22-17)13-3-5-15(21)6-4-13/h3-6,14H,7-12H2,1-2H3,(H,22,23)/t14-/m0/s1. The lowest BCUT2D eigenvalue weighted by atomic mass is 9.87. The number of fused-ring (bicyclic) bond motifs is 1. The van der Waals surface area contributed by atoms with E-state index in [1.807, 2.05) is 29.2 Å². The summed E-state index contributed by atoms with van der Waals surface area (Å²) in [5.41, 5.74) is 3.98. The molecule has 5 nitrogen and oxygen atoms in total. The second-order valence-electron chi connectivity index (χ2n) is 7.84. The molecular weight excluding hydrogens is 350 g/mol. The molecule has 0 spiro atoms. The molecule has 1 saturated heterocycles. The Morgan fingerprint density at radius 3 is 2.85 bits per heavy atom. The summed E-state index contributed by atoms with van der Waals surface area (Å²) in [5.74, 6) is 0.293. The summed E-state index contributed by atoms with van der Waals surface area (Å²) in [6, 6.07) is 7.68. The Morgan fingerprint density at radius 2 is 2.12 bits per heavy atom. The number of aromatic nitrogens is 2. The third kappa shape index (κ3) is 3.38. The third-order valence-electron chi connectivity index (χ3n) is 5.41. The zero-order valence-electron chi connectivity index (χ0n) is 15.2. The SMILES string of the molecule is CC1(C)C[C@@H](C(=O)N2CCc3[nH]nc(-c4ccc(Cl)cc4)c3C2)CCO1. The fourth-order valence-corrected chi connectivity index (χ4v) is 4.16. The molecule has 0 unspecified atom stereocenters. The van der Waals surface area contributed by atoms with Crippen LogP contribution in [0.15, 0.2) is 24.3 Å². The molecule has 2 aliphatic heterocycles.